The molecule has 0 spiro atoms. The number of rotatable bonds is 0. The molecule has 0 aromatic heterocycles. The molecule has 0 saturated carbocycles. The largest absolute Gasteiger partial charge is 2.00 e. The second-order valence-corrected chi connectivity index (χ2v) is 1.41. The predicted octanol–water partition coefficient (Wildman–Crippen LogP) is -3.07. The van der Waals surface area contributed by atoms with Crippen LogP contribution in [0.2, 0.25) is 0 Å². The molecule has 5 nitrogen and oxygen atoms in total. The van der Waals surface area contributed by atoms with Gasteiger partial charge in [-0.25, -0.2) is 0 Å². The first kappa shape index (κ1) is 22.6. The molecule has 0 aromatic carbocycles. The smallest absolute Gasteiger partial charge is 2.00 e. The van der Waals surface area contributed by atoms with Crippen LogP contribution in [0.5, 0.6) is 0 Å². The average molecular weight is 161 g/mol. The minimum Gasteiger partial charge on any atom is -2.00 e. The molecular formula is HMg2O5P. The third-order valence-corrected chi connectivity index (χ3v) is 0. The van der Waals surface area contributed by atoms with E-state index >= 15 is 0 Å². The quantitative estimate of drug-likeness (QED) is 0.299. The van der Waals surface area contributed by atoms with Crippen molar-refractivity contribution in [2.75, 3.05) is 0 Å². The van der Waals surface area contributed by atoms with Crippen molar-refractivity contribution in [3.05, 3.63) is 0 Å². The van der Waals surface area contributed by atoms with Crippen LogP contribution < -0.4 is 9.79 Å². The Morgan fingerprint density at radius 3 is 1.25 bits per heavy atom. The van der Waals surface area contributed by atoms with E-state index in [-0.39, 0.29) is 51.6 Å². The maximum absolute atomic E-state index is 8.66. The molecule has 40 valence electrons. The Morgan fingerprint density at radius 1 is 1.25 bits per heavy atom. The first-order chi connectivity index (χ1) is 2.00. The van der Waals surface area contributed by atoms with Gasteiger partial charge in [0.25, 0.3) is 0 Å². The molecule has 0 atom stereocenters. The molecule has 0 unspecified atom stereocenters. The van der Waals surface area contributed by atoms with Crippen LogP contribution in [-0.4, -0.2) is 51.0 Å². The molecule has 8 heteroatoms. The van der Waals surface area contributed by atoms with Crippen LogP contribution in [0.25, 0.3) is 0 Å². The Kier molecular flexibility index (Phi) is 24.3. The molecule has 1 N–H and O–H groups in total. The van der Waals surface area contributed by atoms with Gasteiger partial charge < -0.3 is 24.7 Å². The summed E-state index contributed by atoms with van der Waals surface area (Å²) in [5.74, 6) is 0. The Balaban J connectivity index is -0.0000000267. The van der Waals surface area contributed by atoms with E-state index in [4.69, 9.17) is 19.2 Å². The fourth-order valence-electron chi connectivity index (χ4n) is 0. The van der Waals surface area contributed by atoms with Crippen molar-refractivity contribution in [2.45, 2.75) is 0 Å². The summed E-state index contributed by atoms with van der Waals surface area (Å²) in [6, 6.07) is 0. The van der Waals surface area contributed by atoms with Crippen molar-refractivity contribution >= 4 is 53.9 Å². The van der Waals surface area contributed by atoms with Gasteiger partial charge in [-0.2, -0.15) is 0 Å². The maximum Gasteiger partial charge on any atom is 2.00 e. The van der Waals surface area contributed by atoms with Crippen molar-refractivity contribution < 1.29 is 24.7 Å². The van der Waals surface area contributed by atoms with Gasteiger partial charge in [-0.05, 0) is 0 Å². The minimum atomic E-state index is -5.14. The molecule has 0 aromatic rings. The van der Waals surface area contributed by atoms with Crippen LogP contribution >= 0.6 is 7.82 Å². The van der Waals surface area contributed by atoms with Gasteiger partial charge in [0, 0.05) is 0 Å². The summed E-state index contributed by atoms with van der Waals surface area (Å²) in [6.07, 6.45) is 0. The van der Waals surface area contributed by atoms with Gasteiger partial charge in [-0.15, -0.1) is 0 Å². The molecule has 0 aliphatic carbocycles. The molecule has 0 bridgehead atoms. The third-order valence-electron chi connectivity index (χ3n) is 0. The van der Waals surface area contributed by atoms with Crippen LogP contribution in [0.3, 0.4) is 0 Å². The van der Waals surface area contributed by atoms with E-state index in [1.54, 1.807) is 0 Å². The van der Waals surface area contributed by atoms with Crippen LogP contribution in [0.4, 0.5) is 0 Å². The van der Waals surface area contributed by atoms with Crippen molar-refractivity contribution in [2.24, 2.45) is 0 Å². The zero-order chi connectivity index (χ0) is 4.50. The molecule has 0 saturated heterocycles. The Labute approximate surface area is 78.3 Å². The van der Waals surface area contributed by atoms with E-state index in [0.717, 1.165) is 0 Å². The first-order valence-corrected chi connectivity index (χ1v) is 2.24. The van der Waals surface area contributed by atoms with E-state index in [9.17, 15) is 0 Å². The summed E-state index contributed by atoms with van der Waals surface area (Å²) < 4.78 is 8.66. The zero-order valence-electron chi connectivity index (χ0n) is 3.94. The van der Waals surface area contributed by atoms with Crippen molar-refractivity contribution in [1.82, 2.24) is 0 Å². The third kappa shape index (κ3) is 129. The number of hydrogen-bond acceptors (Lipinski definition) is 3. The van der Waals surface area contributed by atoms with E-state index in [1.807, 2.05) is 0 Å². The number of phosphoric acid groups is 1. The Hall–Kier alpha value is 1.60. The second-order valence-electron chi connectivity index (χ2n) is 0.469. The molecule has 0 aliphatic rings. The molecule has 8 heavy (non-hydrogen) atoms. The predicted molar refractivity (Wildman–Crippen MR) is 22.0 cm³/mol. The summed E-state index contributed by atoms with van der Waals surface area (Å²) in [5, 5.41) is 0. The SMILES string of the molecule is O=P([O-])([O-])O.[Mg+2].[Mg+2].[O-2]. The zero-order valence-corrected chi connectivity index (χ0v) is 7.66. The van der Waals surface area contributed by atoms with E-state index in [0.29, 0.717) is 0 Å². The van der Waals surface area contributed by atoms with Crippen molar-refractivity contribution in [1.29, 1.82) is 0 Å². The monoisotopic (exact) mass is 160 g/mol. The molecule has 0 heterocycles. The van der Waals surface area contributed by atoms with Crippen molar-refractivity contribution in [3.63, 3.8) is 0 Å². The Morgan fingerprint density at radius 2 is 1.25 bits per heavy atom. The molecule has 0 amide bonds. The van der Waals surface area contributed by atoms with E-state index in [1.165, 1.54) is 0 Å². The number of hydrogen-bond donors (Lipinski definition) is 1. The summed E-state index contributed by atoms with van der Waals surface area (Å²) >= 11 is 0. The van der Waals surface area contributed by atoms with E-state index < -0.39 is 7.82 Å². The van der Waals surface area contributed by atoms with Crippen molar-refractivity contribution in [3.8, 4) is 0 Å². The first-order valence-electron chi connectivity index (χ1n) is 0.748. The molecule has 0 radical (unpaired) electrons. The summed E-state index contributed by atoms with van der Waals surface area (Å²) in [6.45, 7) is 0. The average Bonchev–Trinajstić information content (AvgIpc) is 0.722. The van der Waals surface area contributed by atoms with Crippen LogP contribution in [0.15, 0.2) is 0 Å². The standard InChI is InChI=1S/2Mg.H3O4P.O/c;;1-5(2,3)4;/h;;(H3,1,2,3,4);/q2*+2;;-2/p-2. The van der Waals surface area contributed by atoms with Crippen LogP contribution in [-0.2, 0) is 10.0 Å². The van der Waals surface area contributed by atoms with Gasteiger partial charge >= 0.3 is 46.1 Å². The molecule has 0 fully saturated rings. The van der Waals surface area contributed by atoms with Gasteiger partial charge in [0.15, 0.2) is 0 Å². The van der Waals surface area contributed by atoms with Gasteiger partial charge in [-0.1, -0.05) is 0 Å². The summed E-state index contributed by atoms with van der Waals surface area (Å²) in [4.78, 5) is 24.3. The minimum absolute atomic E-state index is 0. The topological polar surface area (TPSA) is 112 Å². The normalized spacial score (nSPS) is 7.38. The van der Waals surface area contributed by atoms with Gasteiger partial charge in [0.2, 0.25) is 0 Å². The summed E-state index contributed by atoms with van der Waals surface area (Å²) in [5.41, 5.74) is 0. The molecule has 0 rings (SSSR count). The molecular weight excluding hydrogens is 160 g/mol. The second kappa shape index (κ2) is 8.60. The van der Waals surface area contributed by atoms with Gasteiger partial charge in [-0.3, -0.25) is 0 Å². The van der Waals surface area contributed by atoms with E-state index in [2.05, 4.69) is 0 Å². The summed E-state index contributed by atoms with van der Waals surface area (Å²) in [7, 11) is -5.14. The fraction of sp³-hybridized carbons (Fsp3) is 0. The fourth-order valence-corrected chi connectivity index (χ4v) is 0. The van der Waals surface area contributed by atoms with Crippen LogP contribution in [0.1, 0.15) is 0 Å². The van der Waals surface area contributed by atoms with Gasteiger partial charge in [0.1, 0.15) is 0 Å². The molecule has 0 aliphatic heterocycles. The van der Waals surface area contributed by atoms with Crippen LogP contribution in [0, 0.1) is 0 Å². The maximum atomic E-state index is 8.66. The van der Waals surface area contributed by atoms with Gasteiger partial charge in [0.05, 0.1) is 7.82 Å². The Bertz CT molecular complexity index is 56.6.